The molecular weight excluding hydrogens is 226 g/mol. The van der Waals surface area contributed by atoms with Gasteiger partial charge in [0.2, 0.25) is 5.92 Å². The normalized spacial score (nSPS) is 31.1. The first kappa shape index (κ1) is 12.5. The van der Waals surface area contributed by atoms with Crippen molar-refractivity contribution in [1.29, 1.82) is 0 Å². The summed E-state index contributed by atoms with van der Waals surface area (Å²) in [6.45, 7) is 0. The Morgan fingerprint density at radius 2 is 1.82 bits per heavy atom. The first-order valence-corrected chi connectivity index (χ1v) is 6.22. The van der Waals surface area contributed by atoms with Gasteiger partial charge in [-0.05, 0) is 38.0 Å². The molecule has 1 unspecified atom stereocenters. The summed E-state index contributed by atoms with van der Waals surface area (Å²) in [7, 11) is 0. The Kier molecular flexibility index (Phi) is 3.23. The monoisotopic (exact) mass is 244 g/mol. The SMILES string of the molecule is O=C(O)C1(C2CC=CCC2)CCC(F)(F)CC1. The van der Waals surface area contributed by atoms with Gasteiger partial charge in [0.05, 0.1) is 5.41 Å². The highest BCUT2D eigenvalue weighted by Gasteiger charge is 2.51. The van der Waals surface area contributed by atoms with Gasteiger partial charge in [-0.1, -0.05) is 12.2 Å². The van der Waals surface area contributed by atoms with Crippen molar-refractivity contribution < 1.29 is 18.7 Å². The lowest BCUT2D eigenvalue weighted by molar-refractivity contribution is -0.163. The van der Waals surface area contributed by atoms with Gasteiger partial charge in [0, 0.05) is 12.8 Å². The maximum absolute atomic E-state index is 13.2. The van der Waals surface area contributed by atoms with Crippen LogP contribution in [0.25, 0.3) is 0 Å². The van der Waals surface area contributed by atoms with E-state index < -0.39 is 17.3 Å². The molecule has 1 fully saturated rings. The zero-order valence-electron chi connectivity index (χ0n) is 9.79. The number of aliphatic carboxylic acids is 1. The molecule has 0 aromatic heterocycles. The lowest BCUT2D eigenvalue weighted by Gasteiger charge is -2.42. The van der Waals surface area contributed by atoms with Crippen LogP contribution in [0.3, 0.4) is 0 Å². The first-order valence-electron chi connectivity index (χ1n) is 6.22. The van der Waals surface area contributed by atoms with Gasteiger partial charge in [-0.3, -0.25) is 4.79 Å². The number of allylic oxidation sites excluding steroid dienone is 2. The first-order chi connectivity index (χ1) is 7.96. The molecule has 0 saturated heterocycles. The Bertz CT molecular complexity index is 326. The van der Waals surface area contributed by atoms with Crippen molar-refractivity contribution in [3.05, 3.63) is 12.2 Å². The highest BCUT2D eigenvalue weighted by molar-refractivity contribution is 5.75. The van der Waals surface area contributed by atoms with Crippen LogP contribution in [-0.2, 0) is 4.79 Å². The number of carboxylic acid groups (broad SMARTS) is 1. The van der Waals surface area contributed by atoms with Crippen LogP contribution in [0.2, 0.25) is 0 Å². The van der Waals surface area contributed by atoms with Crippen molar-refractivity contribution >= 4 is 5.97 Å². The fraction of sp³-hybridized carbons (Fsp3) is 0.769. The van der Waals surface area contributed by atoms with Gasteiger partial charge in [0.25, 0.3) is 0 Å². The van der Waals surface area contributed by atoms with E-state index >= 15 is 0 Å². The van der Waals surface area contributed by atoms with E-state index in [9.17, 15) is 18.7 Å². The fourth-order valence-electron chi connectivity index (χ4n) is 3.15. The van der Waals surface area contributed by atoms with E-state index in [2.05, 4.69) is 0 Å². The molecule has 96 valence electrons. The fourth-order valence-corrected chi connectivity index (χ4v) is 3.15. The van der Waals surface area contributed by atoms with Crippen molar-refractivity contribution in [2.24, 2.45) is 11.3 Å². The van der Waals surface area contributed by atoms with E-state index in [1.165, 1.54) is 0 Å². The minimum atomic E-state index is -2.66. The predicted octanol–water partition coefficient (Wildman–Crippen LogP) is 3.62. The minimum absolute atomic E-state index is 0.0288. The van der Waals surface area contributed by atoms with Gasteiger partial charge in [0.15, 0.2) is 0 Å². The zero-order valence-corrected chi connectivity index (χ0v) is 9.79. The Hall–Kier alpha value is -0.930. The van der Waals surface area contributed by atoms with E-state index in [4.69, 9.17) is 0 Å². The summed E-state index contributed by atoms with van der Waals surface area (Å²) < 4.78 is 26.3. The van der Waals surface area contributed by atoms with Gasteiger partial charge in [-0.15, -0.1) is 0 Å². The summed E-state index contributed by atoms with van der Waals surface area (Å²) in [5, 5.41) is 9.44. The summed E-state index contributed by atoms with van der Waals surface area (Å²) in [6, 6.07) is 0. The van der Waals surface area contributed by atoms with Crippen molar-refractivity contribution in [3.63, 3.8) is 0 Å². The van der Waals surface area contributed by atoms with Crippen molar-refractivity contribution in [1.82, 2.24) is 0 Å². The average molecular weight is 244 g/mol. The van der Waals surface area contributed by atoms with Crippen LogP contribution in [-0.4, -0.2) is 17.0 Å². The Morgan fingerprint density at radius 3 is 2.29 bits per heavy atom. The topological polar surface area (TPSA) is 37.3 Å². The molecule has 1 N–H and O–H groups in total. The Morgan fingerprint density at radius 1 is 1.18 bits per heavy atom. The van der Waals surface area contributed by atoms with Gasteiger partial charge in [-0.25, -0.2) is 8.78 Å². The smallest absolute Gasteiger partial charge is 0.309 e. The summed E-state index contributed by atoms with van der Waals surface area (Å²) in [5.41, 5.74) is -0.910. The second kappa shape index (κ2) is 4.39. The third kappa shape index (κ3) is 2.35. The largest absolute Gasteiger partial charge is 0.481 e. The molecule has 17 heavy (non-hydrogen) atoms. The van der Waals surface area contributed by atoms with E-state index in [0.29, 0.717) is 0 Å². The maximum Gasteiger partial charge on any atom is 0.309 e. The molecule has 2 aliphatic carbocycles. The van der Waals surface area contributed by atoms with E-state index in [1.807, 2.05) is 12.2 Å². The molecule has 0 heterocycles. The van der Waals surface area contributed by atoms with Crippen molar-refractivity contribution in [3.8, 4) is 0 Å². The lowest BCUT2D eigenvalue weighted by atomic mass is 9.62. The van der Waals surface area contributed by atoms with Crippen molar-refractivity contribution in [2.45, 2.75) is 50.9 Å². The number of alkyl halides is 2. The molecule has 1 atom stereocenters. The van der Waals surface area contributed by atoms with Crippen molar-refractivity contribution in [2.75, 3.05) is 0 Å². The molecule has 0 amide bonds. The third-order valence-corrected chi connectivity index (χ3v) is 4.35. The summed E-state index contributed by atoms with van der Waals surface area (Å²) in [5.74, 6) is -3.52. The molecule has 0 aliphatic heterocycles. The van der Waals surface area contributed by atoms with Gasteiger partial charge < -0.3 is 5.11 Å². The molecular formula is C13H18F2O2. The molecule has 1 saturated carbocycles. The van der Waals surface area contributed by atoms with Gasteiger partial charge in [0.1, 0.15) is 0 Å². The standard InChI is InChI=1S/C13H18F2O2/c14-13(15)8-6-12(7-9-13,11(16)17)10-4-2-1-3-5-10/h1-2,10H,3-9H2,(H,16,17). The summed E-state index contributed by atoms with van der Waals surface area (Å²) in [6.07, 6.45) is 6.12. The van der Waals surface area contributed by atoms with Gasteiger partial charge in [-0.2, -0.15) is 0 Å². The van der Waals surface area contributed by atoms with Crippen LogP contribution in [0, 0.1) is 11.3 Å². The third-order valence-electron chi connectivity index (χ3n) is 4.35. The lowest BCUT2D eigenvalue weighted by Crippen LogP contribution is -2.44. The second-order valence-corrected chi connectivity index (χ2v) is 5.30. The van der Waals surface area contributed by atoms with E-state index in [1.54, 1.807) is 0 Å². The predicted molar refractivity (Wildman–Crippen MR) is 60.0 cm³/mol. The Balaban J connectivity index is 2.16. The number of halogens is 2. The molecule has 0 bridgehead atoms. The molecule has 2 rings (SSSR count). The zero-order chi connectivity index (χ0) is 12.5. The van der Waals surface area contributed by atoms with Crippen LogP contribution in [0.1, 0.15) is 44.9 Å². The van der Waals surface area contributed by atoms with E-state index in [0.717, 1.165) is 19.3 Å². The average Bonchev–Trinajstić information content (AvgIpc) is 2.30. The molecule has 0 aromatic carbocycles. The van der Waals surface area contributed by atoms with E-state index in [-0.39, 0.29) is 31.6 Å². The highest BCUT2D eigenvalue weighted by Crippen LogP contribution is 2.51. The van der Waals surface area contributed by atoms with Crippen LogP contribution in [0.15, 0.2) is 12.2 Å². The number of hydrogen-bond donors (Lipinski definition) is 1. The second-order valence-electron chi connectivity index (χ2n) is 5.30. The van der Waals surface area contributed by atoms with Crippen LogP contribution in [0.4, 0.5) is 8.78 Å². The summed E-state index contributed by atoms with van der Waals surface area (Å²) in [4.78, 5) is 11.5. The highest BCUT2D eigenvalue weighted by atomic mass is 19.3. The number of carboxylic acids is 1. The number of hydrogen-bond acceptors (Lipinski definition) is 1. The molecule has 0 radical (unpaired) electrons. The van der Waals surface area contributed by atoms with Crippen LogP contribution in [0.5, 0.6) is 0 Å². The summed E-state index contributed by atoms with van der Waals surface area (Å²) >= 11 is 0. The Labute approximate surface area is 99.7 Å². The van der Waals surface area contributed by atoms with Gasteiger partial charge >= 0.3 is 5.97 Å². The molecule has 2 nitrogen and oxygen atoms in total. The molecule has 2 aliphatic rings. The molecule has 0 spiro atoms. The molecule has 0 aromatic rings. The number of rotatable bonds is 2. The number of carbonyl (C=O) groups is 1. The van der Waals surface area contributed by atoms with Crippen LogP contribution >= 0.6 is 0 Å². The maximum atomic E-state index is 13.2. The quantitative estimate of drug-likeness (QED) is 0.753. The minimum Gasteiger partial charge on any atom is -0.481 e. The van der Waals surface area contributed by atoms with Crippen LogP contribution < -0.4 is 0 Å². The molecule has 4 heteroatoms.